The molecule has 0 fully saturated rings. The number of amidine groups is 1. The topological polar surface area (TPSA) is 63.6 Å². The second kappa shape index (κ2) is 7.39. The van der Waals surface area contributed by atoms with Crippen molar-refractivity contribution in [3.05, 3.63) is 51.2 Å². The summed E-state index contributed by atoms with van der Waals surface area (Å²) in [5.41, 5.74) is -0.964. The number of halogens is 3. The lowest BCUT2D eigenvalue weighted by Gasteiger charge is -2.36. The van der Waals surface area contributed by atoms with Gasteiger partial charge in [0.25, 0.3) is 0 Å². The fraction of sp³-hybridized carbons (Fsp3) is 0.312. The van der Waals surface area contributed by atoms with Gasteiger partial charge in [-0.2, -0.15) is 0 Å². The molecular formula is C16H14BrClFN3O2S. The largest absolute Gasteiger partial charge is 0.467 e. The molecule has 9 heteroatoms. The van der Waals surface area contributed by atoms with E-state index in [1.165, 1.54) is 36.6 Å². The molecular weight excluding hydrogens is 433 g/mol. The van der Waals surface area contributed by atoms with Gasteiger partial charge < -0.3 is 10.1 Å². The molecule has 0 spiro atoms. The molecule has 1 N–H and O–H groups in total. The summed E-state index contributed by atoms with van der Waals surface area (Å²) in [4.78, 5) is 21.7. The number of nitrogens with zero attached hydrogens (tertiary/aromatic N) is 2. The van der Waals surface area contributed by atoms with E-state index in [4.69, 9.17) is 16.3 Å². The zero-order valence-electron chi connectivity index (χ0n) is 13.1. The van der Waals surface area contributed by atoms with Gasteiger partial charge in [0.05, 0.1) is 7.11 Å². The quantitative estimate of drug-likeness (QED) is 0.577. The lowest BCUT2D eigenvalue weighted by molar-refractivity contribution is -0.148. The minimum Gasteiger partial charge on any atom is -0.467 e. The first-order valence-electron chi connectivity index (χ1n) is 7.36. The summed E-state index contributed by atoms with van der Waals surface area (Å²) in [6, 6.07) is 3.80. The van der Waals surface area contributed by atoms with E-state index in [0.717, 1.165) is 0 Å². The Bertz CT molecular complexity index is 818. The molecule has 132 valence electrons. The Morgan fingerprint density at radius 3 is 3.00 bits per heavy atom. The molecule has 2 unspecified atom stereocenters. The third-order valence-electron chi connectivity index (χ3n) is 3.91. The van der Waals surface area contributed by atoms with E-state index >= 15 is 0 Å². The minimum atomic E-state index is -1.37. The van der Waals surface area contributed by atoms with E-state index in [-0.39, 0.29) is 11.1 Å². The average molecular weight is 447 g/mol. The molecule has 0 saturated carbocycles. The van der Waals surface area contributed by atoms with Crippen molar-refractivity contribution in [2.75, 3.05) is 12.4 Å². The number of rotatable bonds is 4. The zero-order valence-corrected chi connectivity index (χ0v) is 16.3. The Morgan fingerprint density at radius 1 is 1.60 bits per heavy atom. The second-order valence-electron chi connectivity index (χ2n) is 5.47. The number of carbonyl (C=O) groups is 1. The molecule has 3 rings (SSSR count). The van der Waals surface area contributed by atoms with Gasteiger partial charge in [0.2, 0.25) is 0 Å². The van der Waals surface area contributed by atoms with Gasteiger partial charge in [-0.15, -0.1) is 11.3 Å². The van der Waals surface area contributed by atoms with Gasteiger partial charge in [-0.3, -0.25) is 0 Å². The molecule has 2 aromatic rings. The smallest absolute Gasteiger partial charge is 0.338 e. The molecule has 1 aliphatic rings. The number of nitrogens with one attached hydrogen (secondary N) is 1. The predicted molar refractivity (Wildman–Crippen MR) is 99.1 cm³/mol. The first-order valence-corrected chi connectivity index (χ1v) is 9.74. The van der Waals surface area contributed by atoms with Crippen LogP contribution in [0, 0.1) is 5.82 Å². The summed E-state index contributed by atoms with van der Waals surface area (Å²) < 4.78 is 18.5. The van der Waals surface area contributed by atoms with Gasteiger partial charge in [0.1, 0.15) is 5.82 Å². The number of benzene rings is 1. The van der Waals surface area contributed by atoms with Gasteiger partial charge in [0, 0.05) is 40.0 Å². The molecule has 1 aromatic carbocycles. The third-order valence-corrected chi connectivity index (χ3v) is 5.78. The van der Waals surface area contributed by atoms with E-state index in [9.17, 15) is 9.18 Å². The summed E-state index contributed by atoms with van der Waals surface area (Å²) >= 11 is 11.1. The Kier molecular flexibility index (Phi) is 5.41. The third kappa shape index (κ3) is 3.43. The van der Waals surface area contributed by atoms with E-state index in [0.29, 0.717) is 28.2 Å². The monoisotopic (exact) mass is 445 g/mol. The highest BCUT2D eigenvalue weighted by Crippen LogP contribution is 2.40. The zero-order chi connectivity index (χ0) is 18.0. The number of carbonyl (C=O) groups excluding carboxylic acids is 1. The second-order valence-corrected chi connectivity index (χ2v) is 7.42. The normalized spacial score (nSPS) is 22.9. The van der Waals surface area contributed by atoms with Gasteiger partial charge in [-0.05, 0) is 12.1 Å². The van der Waals surface area contributed by atoms with Crippen molar-refractivity contribution < 1.29 is 13.9 Å². The molecule has 0 bridgehead atoms. The van der Waals surface area contributed by atoms with Gasteiger partial charge in [-0.25, -0.2) is 19.2 Å². The highest BCUT2D eigenvalue weighted by atomic mass is 79.9. The summed E-state index contributed by atoms with van der Waals surface area (Å²) in [5, 5.41) is 6.44. The van der Waals surface area contributed by atoms with Crippen LogP contribution in [-0.4, -0.2) is 35.3 Å². The molecule has 0 saturated heterocycles. The lowest BCUT2D eigenvalue weighted by Crippen LogP contribution is -2.51. The van der Waals surface area contributed by atoms with Crippen LogP contribution in [0.2, 0.25) is 5.02 Å². The fourth-order valence-corrected chi connectivity index (χ4v) is 4.12. The van der Waals surface area contributed by atoms with Crippen molar-refractivity contribution in [1.82, 2.24) is 10.3 Å². The summed E-state index contributed by atoms with van der Waals surface area (Å²) in [6.07, 6.45) is 1.97. The van der Waals surface area contributed by atoms with Crippen LogP contribution in [-0.2, 0) is 15.1 Å². The summed E-state index contributed by atoms with van der Waals surface area (Å²) in [5.74, 6) is -0.553. The number of ether oxygens (including phenoxy) is 1. The molecule has 2 heterocycles. The molecule has 1 aliphatic heterocycles. The summed E-state index contributed by atoms with van der Waals surface area (Å²) in [7, 11) is 1.30. The maximum Gasteiger partial charge on any atom is 0.338 e. The number of hydrogen-bond donors (Lipinski definition) is 1. The van der Waals surface area contributed by atoms with Crippen LogP contribution in [0.15, 0.2) is 34.8 Å². The van der Waals surface area contributed by atoms with Gasteiger partial charge >= 0.3 is 5.97 Å². The Hall–Kier alpha value is -1.51. The van der Waals surface area contributed by atoms with Crippen molar-refractivity contribution in [2.24, 2.45) is 4.99 Å². The van der Waals surface area contributed by atoms with Gasteiger partial charge in [0.15, 0.2) is 16.4 Å². The Balaban J connectivity index is 2.22. The van der Waals surface area contributed by atoms with Crippen molar-refractivity contribution in [1.29, 1.82) is 0 Å². The molecule has 0 radical (unpaired) electrons. The lowest BCUT2D eigenvalue weighted by atomic mass is 9.83. The number of esters is 1. The number of aromatic nitrogens is 1. The van der Waals surface area contributed by atoms with Crippen molar-refractivity contribution in [3.63, 3.8) is 0 Å². The summed E-state index contributed by atoms with van der Waals surface area (Å²) in [6.45, 7) is 0. The van der Waals surface area contributed by atoms with E-state index < -0.39 is 17.3 Å². The van der Waals surface area contributed by atoms with Crippen molar-refractivity contribution in [2.45, 2.75) is 18.0 Å². The fourth-order valence-electron chi connectivity index (χ4n) is 2.82. The number of thiazole rings is 1. The molecule has 0 amide bonds. The molecule has 1 aromatic heterocycles. The standard InChI is InChI=1S/C16H14BrClFN3O2S/c1-24-15(23)16(11-3-2-9(19)6-12(11)18)7-10(8-17)21-13(22-16)14-20-4-5-25-14/h2-6,10H,7-8H2,1H3,(H,21,22). The SMILES string of the molecule is COC(=O)C1(c2ccc(F)cc2Cl)CC(CBr)NC(c2nccs2)=N1. The maximum atomic E-state index is 13.5. The van der Waals surface area contributed by atoms with Crippen LogP contribution in [0.1, 0.15) is 17.0 Å². The van der Waals surface area contributed by atoms with Crippen LogP contribution in [0.3, 0.4) is 0 Å². The molecule has 25 heavy (non-hydrogen) atoms. The molecule has 2 atom stereocenters. The van der Waals surface area contributed by atoms with Crippen LogP contribution in [0.25, 0.3) is 0 Å². The van der Waals surface area contributed by atoms with E-state index in [1.54, 1.807) is 6.20 Å². The van der Waals surface area contributed by atoms with E-state index in [2.05, 4.69) is 31.2 Å². The van der Waals surface area contributed by atoms with E-state index in [1.807, 2.05) is 5.38 Å². The first-order chi connectivity index (χ1) is 12.0. The van der Waals surface area contributed by atoms with Crippen molar-refractivity contribution >= 4 is 50.7 Å². The van der Waals surface area contributed by atoms with Gasteiger partial charge in [-0.1, -0.05) is 33.6 Å². The number of methoxy groups -OCH3 is 1. The maximum absolute atomic E-state index is 13.5. The Morgan fingerprint density at radius 2 is 2.40 bits per heavy atom. The van der Waals surface area contributed by atoms with Crippen molar-refractivity contribution in [3.8, 4) is 0 Å². The number of hydrogen-bond acceptors (Lipinski definition) is 6. The van der Waals surface area contributed by atoms with Crippen LogP contribution in [0.4, 0.5) is 4.39 Å². The number of aliphatic imine (C=N–C) groups is 1. The molecule has 5 nitrogen and oxygen atoms in total. The van der Waals surface area contributed by atoms with Crippen LogP contribution in [0.5, 0.6) is 0 Å². The highest BCUT2D eigenvalue weighted by Gasteiger charge is 2.48. The first kappa shape index (κ1) is 18.3. The number of alkyl halides is 1. The predicted octanol–water partition coefficient (Wildman–Crippen LogP) is 3.51. The van der Waals surface area contributed by atoms with Crippen LogP contribution >= 0.6 is 38.9 Å². The Labute approximate surface area is 161 Å². The minimum absolute atomic E-state index is 0.114. The molecule has 0 aliphatic carbocycles. The average Bonchev–Trinajstić information content (AvgIpc) is 3.15. The highest BCUT2D eigenvalue weighted by molar-refractivity contribution is 9.09. The van der Waals surface area contributed by atoms with Crippen LogP contribution < -0.4 is 5.32 Å².